The summed E-state index contributed by atoms with van der Waals surface area (Å²) in [6.45, 7) is 6.33. The van der Waals surface area contributed by atoms with E-state index in [1.54, 1.807) is 0 Å². The number of halogens is 3. The molecule has 2 heterocycles. The van der Waals surface area contributed by atoms with Gasteiger partial charge in [-0.15, -0.1) is 0 Å². The van der Waals surface area contributed by atoms with Crippen LogP contribution in [0.15, 0.2) is 18.2 Å². The van der Waals surface area contributed by atoms with E-state index in [-0.39, 0.29) is 29.5 Å². The summed E-state index contributed by atoms with van der Waals surface area (Å²) in [6.07, 6.45) is 1.57. The van der Waals surface area contributed by atoms with Gasteiger partial charge in [-0.3, -0.25) is 0 Å². The summed E-state index contributed by atoms with van der Waals surface area (Å²) < 4.78 is 40.2. The molecule has 0 amide bonds. The smallest absolute Gasteiger partial charge is 0.131 e. The Morgan fingerprint density at radius 2 is 1.95 bits per heavy atom. The maximum Gasteiger partial charge on any atom is 0.131 e. The SMILES string of the molecule is CC(C)[C@@]12C[C@H](OCc3c(F)cccc3F)[C@@](C)(C[C@H]1I)O2. The van der Waals surface area contributed by atoms with Gasteiger partial charge in [0, 0.05) is 15.9 Å². The quantitative estimate of drug-likeness (QED) is 0.521. The molecule has 4 atom stereocenters. The first-order chi connectivity index (χ1) is 10.3. The van der Waals surface area contributed by atoms with Gasteiger partial charge in [0.15, 0.2) is 0 Å². The van der Waals surface area contributed by atoms with Crippen LogP contribution >= 0.6 is 22.6 Å². The van der Waals surface area contributed by atoms with Crippen molar-refractivity contribution in [1.82, 2.24) is 0 Å². The van der Waals surface area contributed by atoms with E-state index in [1.807, 2.05) is 0 Å². The summed E-state index contributed by atoms with van der Waals surface area (Å²) in [6, 6.07) is 3.89. The first-order valence-electron chi connectivity index (χ1n) is 7.67. The van der Waals surface area contributed by atoms with E-state index in [0.717, 1.165) is 12.8 Å². The fourth-order valence-corrected chi connectivity index (χ4v) is 5.72. The molecular weight excluding hydrogens is 401 g/mol. The summed E-state index contributed by atoms with van der Waals surface area (Å²) in [5, 5.41) is 0. The lowest BCUT2D eigenvalue weighted by atomic mass is 9.75. The van der Waals surface area contributed by atoms with Gasteiger partial charge < -0.3 is 9.47 Å². The maximum absolute atomic E-state index is 13.7. The van der Waals surface area contributed by atoms with E-state index in [2.05, 4.69) is 43.4 Å². The minimum Gasteiger partial charge on any atom is -0.370 e. The van der Waals surface area contributed by atoms with Crippen LogP contribution in [-0.2, 0) is 16.1 Å². The van der Waals surface area contributed by atoms with Crippen LogP contribution in [0.1, 0.15) is 39.2 Å². The van der Waals surface area contributed by atoms with Crippen molar-refractivity contribution in [1.29, 1.82) is 0 Å². The Bertz CT molecular complexity index is 560. The Labute approximate surface area is 143 Å². The Morgan fingerprint density at radius 1 is 1.32 bits per heavy atom. The normalized spacial score (nSPS) is 37.2. The molecule has 1 aromatic rings. The lowest BCUT2D eigenvalue weighted by Gasteiger charge is -2.35. The Kier molecular flexibility index (Phi) is 4.27. The standard InChI is InChI=1S/C17H21F2IO2/c1-10(2)17-8-15(16(3,22-17)7-14(17)20)21-9-11-12(18)5-4-6-13(11)19/h4-6,10,14-15H,7-9H2,1-3H3/t14-,15+,16-,17+/m1/s1. The molecule has 3 rings (SSSR count). The predicted octanol–water partition coefficient (Wildman–Crippen LogP) is 4.63. The largest absolute Gasteiger partial charge is 0.370 e. The van der Waals surface area contributed by atoms with Gasteiger partial charge >= 0.3 is 0 Å². The molecule has 2 fully saturated rings. The van der Waals surface area contributed by atoms with E-state index >= 15 is 0 Å². The highest BCUT2D eigenvalue weighted by molar-refractivity contribution is 14.1. The average Bonchev–Trinajstić information content (AvgIpc) is 2.86. The number of benzene rings is 1. The molecule has 122 valence electrons. The molecule has 5 heteroatoms. The molecule has 0 spiro atoms. The fraction of sp³-hybridized carbons (Fsp3) is 0.647. The third-order valence-corrected chi connectivity index (χ3v) is 6.69. The number of ether oxygens (including phenoxy) is 2. The minimum atomic E-state index is -0.556. The molecule has 0 radical (unpaired) electrons. The van der Waals surface area contributed by atoms with Crippen LogP contribution in [0.3, 0.4) is 0 Å². The zero-order chi connectivity index (χ0) is 16.1. The molecule has 1 aromatic carbocycles. The van der Waals surface area contributed by atoms with Gasteiger partial charge in [-0.25, -0.2) is 8.78 Å². The molecule has 2 nitrogen and oxygen atoms in total. The summed E-state index contributed by atoms with van der Waals surface area (Å²) >= 11 is 2.46. The van der Waals surface area contributed by atoms with E-state index in [4.69, 9.17) is 9.47 Å². The Hall–Kier alpha value is -0.270. The molecule has 2 saturated heterocycles. The van der Waals surface area contributed by atoms with Gasteiger partial charge in [-0.2, -0.15) is 0 Å². The lowest BCUT2D eigenvalue weighted by Crippen LogP contribution is -2.44. The van der Waals surface area contributed by atoms with Crippen molar-refractivity contribution in [2.75, 3.05) is 0 Å². The topological polar surface area (TPSA) is 18.5 Å². The van der Waals surface area contributed by atoms with E-state index < -0.39 is 11.6 Å². The molecule has 2 bridgehead atoms. The van der Waals surface area contributed by atoms with Crippen LogP contribution in [0.5, 0.6) is 0 Å². The first kappa shape index (κ1) is 16.6. The van der Waals surface area contributed by atoms with Crippen molar-refractivity contribution < 1.29 is 18.3 Å². The molecule has 0 unspecified atom stereocenters. The molecule has 0 aromatic heterocycles. The molecule has 2 aliphatic rings. The molecule has 0 aliphatic carbocycles. The minimum absolute atomic E-state index is 0.00139. The highest BCUT2D eigenvalue weighted by Gasteiger charge is 2.65. The third-order valence-electron chi connectivity index (χ3n) is 5.19. The summed E-state index contributed by atoms with van der Waals surface area (Å²) in [5.41, 5.74) is -0.551. The van der Waals surface area contributed by atoms with Gasteiger partial charge in [-0.1, -0.05) is 42.5 Å². The number of hydrogen-bond donors (Lipinski definition) is 0. The number of hydrogen-bond acceptors (Lipinski definition) is 2. The van der Waals surface area contributed by atoms with Gasteiger partial charge in [0.2, 0.25) is 0 Å². The van der Waals surface area contributed by atoms with Crippen molar-refractivity contribution in [3.05, 3.63) is 35.4 Å². The van der Waals surface area contributed by atoms with Gasteiger partial charge in [0.1, 0.15) is 11.6 Å². The highest BCUT2D eigenvalue weighted by Crippen LogP contribution is 2.57. The van der Waals surface area contributed by atoms with Crippen molar-refractivity contribution in [3.8, 4) is 0 Å². The Balaban J connectivity index is 1.75. The Morgan fingerprint density at radius 3 is 2.50 bits per heavy atom. The van der Waals surface area contributed by atoms with Gasteiger partial charge in [0.05, 0.1) is 23.9 Å². The maximum atomic E-state index is 13.7. The average molecular weight is 422 g/mol. The predicted molar refractivity (Wildman–Crippen MR) is 89.0 cm³/mol. The monoisotopic (exact) mass is 422 g/mol. The summed E-state index contributed by atoms with van der Waals surface area (Å²) in [4.78, 5) is 0. The summed E-state index contributed by atoms with van der Waals surface area (Å²) in [5.74, 6) is -0.728. The lowest BCUT2D eigenvalue weighted by molar-refractivity contribution is -0.0959. The van der Waals surface area contributed by atoms with Crippen LogP contribution in [0.2, 0.25) is 0 Å². The van der Waals surface area contributed by atoms with Crippen LogP contribution in [0, 0.1) is 17.6 Å². The van der Waals surface area contributed by atoms with E-state index in [1.165, 1.54) is 18.2 Å². The van der Waals surface area contributed by atoms with Crippen molar-refractivity contribution in [2.45, 2.75) is 61.5 Å². The second-order valence-corrected chi connectivity index (χ2v) is 8.40. The highest BCUT2D eigenvalue weighted by atomic mass is 127. The zero-order valence-corrected chi connectivity index (χ0v) is 15.2. The molecule has 2 aliphatic heterocycles. The fourth-order valence-electron chi connectivity index (χ4n) is 3.75. The number of fused-ring (bicyclic) bond motifs is 2. The zero-order valence-electron chi connectivity index (χ0n) is 13.0. The van der Waals surface area contributed by atoms with Crippen molar-refractivity contribution in [2.24, 2.45) is 5.92 Å². The molecule has 0 N–H and O–H groups in total. The van der Waals surface area contributed by atoms with Crippen LogP contribution in [0.25, 0.3) is 0 Å². The number of rotatable bonds is 4. The van der Waals surface area contributed by atoms with Crippen LogP contribution in [-0.4, -0.2) is 21.2 Å². The van der Waals surface area contributed by atoms with Gasteiger partial charge in [-0.05, 0) is 31.4 Å². The third kappa shape index (κ3) is 2.49. The molecular formula is C17H21F2IO2. The summed E-state index contributed by atoms with van der Waals surface area (Å²) in [7, 11) is 0. The number of alkyl halides is 1. The van der Waals surface area contributed by atoms with Crippen molar-refractivity contribution in [3.63, 3.8) is 0 Å². The second kappa shape index (κ2) is 5.67. The van der Waals surface area contributed by atoms with E-state index in [0.29, 0.717) is 9.84 Å². The van der Waals surface area contributed by atoms with Crippen molar-refractivity contribution >= 4 is 22.6 Å². The van der Waals surface area contributed by atoms with Crippen LogP contribution in [0.4, 0.5) is 8.78 Å². The van der Waals surface area contributed by atoms with E-state index in [9.17, 15) is 8.78 Å². The van der Waals surface area contributed by atoms with Crippen LogP contribution < -0.4 is 0 Å². The second-order valence-electron chi connectivity index (χ2n) is 6.90. The van der Waals surface area contributed by atoms with Gasteiger partial charge in [0.25, 0.3) is 0 Å². The molecule has 22 heavy (non-hydrogen) atoms. The molecule has 0 saturated carbocycles. The first-order valence-corrected chi connectivity index (χ1v) is 8.92.